The molecule has 1 saturated heterocycles. The Kier molecular flexibility index (Phi) is 3.48. The van der Waals surface area contributed by atoms with Crippen molar-refractivity contribution in [1.29, 1.82) is 0 Å². The molecular weight excluding hydrogens is 304 g/mol. The molecule has 2 aliphatic heterocycles. The van der Waals surface area contributed by atoms with Crippen molar-refractivity contribution in [3.63, 3.8) is 0 Å². The molecule has 6 nitrogen and oxygen atoms in total. The molecule has 0 radical (unpaired) electrons. The number of imidazole rings is 1. The molecule has 0 spiro atoms. The van der Waals surface area contributed by atoms with Crippen molar-refractivity contribution in [3.8, 4) is 0 Å². The Morgan fingerprint density at radius 2 is 2.12 bits per heavy atom. The highest BCUT2D eigenvalue weighted by Crippen LogP contribution is 2.54. The minimum Gasteiger partial charge on any atom is -0.389 e. The number of piperidine rings is 1. The summed E-state index contributed by atoms with van der Waals surface area (Å²) in [5.74, 6) is 1.70. The fraction of sp³-hybridized carbons (Fsp3) is 0.722. The molecule has 1 aromatic rings. The Morgan fingerprint density at radius 1 is 1.42 bits per heavy atom. The Labute approximate surface area is 142 Å². The lowest BCUT2D eigenvalue weighted by Crippen LogP contribution is -2.33. The average Bonchev–Trinajstić information content (AvgIpc) is 3.02. The number of nitrogens with zero attached hydrogens (tertiary/aromatic N) is 4. The van der Waals surface area contributed by atoms with Gasteiger partial charge in [-0.25, -0.2) is 4.98 Å². The smallest absolute Gasteiger partial charge is 0.274 e. The Morgan fingerprint density at radius 3 is 2.71 bits per heavy atom. The molecule has 1 saturated carbocycles. The molecule has 3 aliphatic rings. The van der Waals surface area contributed by atoms with Crippen molar-refractivity contribution in [3.05, 3.63) is 18.2 Å². The van der Waals surface area contributed by atoms with Crippen LogP contribution in [-0.4, -0.2) is 44.8 Å². The first-order valence-corrected chi connectivity index (χ1v) is 8.97. The van der Waals surface area contributed by atoms with Gasteiger partial charge < -0.3 is 14.3 Å². The van der Waals surface area contributed by atoms with E-state index in [4.69, 9.17) is 4.84 Å². The lowest BCUT2D eigenvalue weighted by Gasteiger charge is -2.19. The summed E-state index contributed by atoms with van der Waals surface area (Å²) in [5, 5.41) is 4.29. The summed E-state index contributed by atoms with van der Waals surface area (Å²) in [6, 6.07) is 0.374. The van der Waals surface area contributed by atoms with E-state index in [1.807, 2.05) is 15.7 Å². The first-order chi connectivity index (χ1) is 11.4. The van der Waals surface area contributed by atoms with Gasteiger partial charge in [0.25, 0.3) is 5.91 Å². The summed E-state index contributed by atoms with van der Waals surface area (Å²) in [7, 11) is 0. The summed E-state index contributed by atoms with van der Waals surface area (Å²) in [6.45, 7) is 10.1. The number of hydrogen-bond donors (Lipinski definition) is 0. The first-order valence-electron chi connectivity index (χ1n) is 8.97. The molecular formula is C18H26N4O2. The number of carbonyl (C=O) groups is 1. The predicted molar refractivity (Wildman–Crippen MR) is 90.8 cm³/mol. The van der Waals surface area contributed by atoms with Gasteiger partial charge in [-0.1, -0.05) is 12.1 Å². The van der Waals surface area contributed by atoms with Crippen LogP contribution in [0.15, 0.2) is 17.7 Å². The third kappa shape index (κ3) is 2.52. The average molecular weight is 330 g/mol. The minimum absolute atomic E-state index is 0.0629. The van der Waals surface area contributed by atoms with Crippen molar-refractivity contribution in [2.24, 2.45) is 22.9 Å². The molecule has 4 rings (SSSR count). The van der Waals surface area contributed by atoms with E-state index < -0.39 is 0 Å². The standard InChI is InChI=1S/C18H26N4O2/c1-5-11(2)22-9-15(19-10-22)17(23)21-7-12-13(8-21)16(12)14-6-18(3,4)24-20-14/h9-13,16H,5-8H2,1-4H3/t11-,12?,13?,16?/m0/s1. The highest BCUT2D eigenvalue weighted by Gasteiger charge is 2.60. The van der Waals surface area contributed by atoms with Gasteiger partial charge in [-0.2, -0.15) is 0 Å². The van der Waals surface area contributed by atoms with Crippen molar-refractivity contribution in [2.75, 3.05) is 13.1 Å². The topological polar surface area (TPSA) is 59.7 Å². The summed E-state index contributed by atoms with van der Waals surface area (Å²) in [5.41, 5.74) is 1.60. The summed E-state index contributed by atoms with van der Waals surface area (Å²) in [4.78, 5) is 24.4. The maximum absolute atomic E-state index is 12.7. The lowest BCUT2D eigenvalue weighted by molar-refractivity contribution is 0.0123. The Hall–Kier alpha value is -1.85. The number of likely N-dealkylation sites (tertiary alicyclic amines) is 1. The van der Waals surface area contributed by atoms with Crippen LogP contribution in [0.1, 0.15) is 57.1 Å². The van der Waals surface area contributed by atoms with Crippen LogP contribution in [0.3, 0.4) is 0 Å². The van der Waals surface area contributed by atoms with Crippen molar-refractivity contribution in [2.45, 2.75) is 52.2 Å². The van der Waals surface area contributed by atoms with Gasteiger partial charge in [0.15, 0.2) is 0 Å². The van der Waals surface area contributed by atoms with Crippen LogP contribution < -0.4 is 0 Å². The molecule has 0 aromatic carbocycles. The van der Waals surface area contributed by atoms with E-state index in [1.54, 1.807) is 6.33 Å². The molecule has 24 heavy (non-hydrogen) atoms. The van der Waals surface area contributed by atoms with Gasteiger partial charge in [0, 0.05) is 37.7 Å². The van der Waals surface area contributed by atoms with E-state index in [9.17, 15) is 4.79 Å². The van der Waals surface area contributed by atoms with Crippen LogP contribution in [0.2, 0.25) is 0 Å². The SMILES string of the molecule is CC[C@H](C)n1cnc(C(=O)N2CC3C(C2)C3C2=NOC(C)(C)C2)c1. The van der Waals surface area contributed by atoms with E-state index in [2.05, 4.69) is 37.8 Å². The monoisotopic (exact) mass is 330 g/mol. The number of fused-ring (bicyclic) bond motifs is 1. The Bertz CT molecular complexity index is 681. The van der Waals surface area contributed by atoms with Gasteiger partial charge in [-0.3, -0.25) is 4.79 Å². The van der Waals surface area contributed by atoms with Crippen LogP contribution >= 0.6 is 0 Å². The number of hydrogen-bond acceptors (Lipinski definition) is 4. The maximum atomic E-state index is 12.7. The highest BCUT2D eigenvalue weighted by atomic mass is 16.7. The van der Waals surface area contributed by atoms with E-state index in [1.165, 1.54) is 5.71 Å². The number of aromatic nitrogens is 2. The van der Waals surface area contributed by atoms with E-state index in [0.29, 0.717) is 29.5 Å². The molecule has 0 bridgehead atoms. The molecule has 1 amide bonds. The predicted octanol–water partition coefficient (Wildman–Crippen LogP) is 2.73. The van der Waals surface area contributed by atoms with E-state index >= 15 is 0 Å². The number of oxime groups is 1. The molecule has 2 unspecified atom stereocenters. The van der Waals surface area contributed by atoms with Gasteiger partial charge in [0.05, 0.1) is 12.0 Å². The second-order valence-corrected chi connectivity index (χ2v) is 8.14. The second-order valence-electron chi connectivity index (χ2n) is 8.14. The molecule has 0 N–H and O–H groups in total. The van der Waals surface area contributed by atoms with Gasteiger partial charge >= 0.3 is 0 Å². The number of rotatable bonds is 4. The molecule has 2 fully saturated rings. The van der Waals surface area contributed by atoms with E-state index in [-0.39, 0.29) is 11.5 Å². The maximum Gasteiger partial charge on any atom is 0.274 e. The van der Waals surface area contributed by atoms with Gasteiger partial charge in [-0.15, -0.1) is 0 Å². The normalized spacial score (nSPS) is 31.4. The molecule has 3 atom stereocenters. The highest BCUT2D eigenvalue weighted by molar-refractivity contribution is 5.94. The molecule has 6 heteroatoms. The van der Waals surface area contributed by atoms with Crippen molar-refractivity contribution >= 4 is 11.6 Å². The zero-order chi connectivity index (χ0) is 17.1. The Balaban J connectivity index is 1.36. The fourth-order valence-electron chi connectivity index (χ4n) is 4.11. The molecule has 1 aromatic heterocycles. The number of amides is 1. The summed E-state index contributed by atoms with van der Waals surface area (Å²) in [6.07, 6.45) is 5.60. The largest absolute Gasteiger partial charge is 0.389 e. The molecule has 1 aliphatic carbocycles. The fourth-order valence-corrected chi connectivity index (χ4v) is 4.11. The minimum atomic E-state index is -0.162. The van der Waals surface area contributed by atoms with Gasteiger partial charge in [-0.05, 0) is 39.0 Å². The second kappa shape index (κ2) is 5.33. The van der Waals surface area contributed by atoms with Crippen LogP contribution in [0.25, 0.3) is 0 Å². The van der Waals surface area contributed by atoms with Crippen LogP contribution in [0.5, 0.6) is 0 Å². The van der Waals surface area contributed by atoms with Crippen molar-refractivity contribution < 1.29 is 9.63 Å². The molecule has 3 heterocycles. The number of carbonyl (C=O) groups excluding carboxylic acids is 1. The van der Waals surface area contributed by atoms with Crippen LogP contribution in [-0.2, 0) is 4.84 Å². The third-order valence-corrected chi connectivity index (χ3v) is 5.80. The van der Waals surface area contributed by atoms with Crippen LogP contribution in [0, 0.1) is 17.8 Å². The quantitative estimate of drug-likeness (QED) is 0.853. The summed E-state index contributed by atoms with van der Waals surface area (Å²) >= 11 is 0. The zero-order valence-corrected chi connectivity index (χ0v) is 14.9. The van der Waals surface area contributed by atoms with Crippen molar-refractivity contribution in [1.82, 2.24) is 14.5 Å². The lowest BCUT2D eigenvalue weighted by atomic mass is 9.98. The summed E-state index contributed by atoms with van der Waals surface area (Å²) < 4.78 is 2.03. The van der Waals surface area contributed by atoms with Gasteiger partial charge in [0.2, 0.25) is 0 Å². The van der Waals surface area contributed by atoms with Gasteiger partial charge in [0.1, 0.15) is 11.3 Å². The third-order valence-electron chi connectivity index (χ3n) is 5.80. The van der Waals surface area contributed by atoms with E-state index in [0.717, 1.165) is 25.9 Å². The first kappa shape index (κ1) is 15.7. The zero-order valence-electron chi connectivity index (χ0n) is 14.9. The van der Waals surface area contributed by atoms with Crippen LogP contribution in [0.4, 0.5) is 0 Å². The molecule has 130 valence electrons.